The number of rotatable bonds is 2. The Hall–Kier alpha value is -2.37. The SMILES string of the molecule is Cc1ccc(C)c(CC(=O)N2CCN(C(=O)C(=O)O)CC2)c1. The van der Waals surface area contributed by atoms with E-state index >= 15 is 0 Å². The Bertz CT molecular complexity index is 604. The van der Waals surface area contributed by atoms with E-state index in [1.807, 2.05) is 32.0 Å². The van der Waals surface area contributed by atoms with Crippen LogP contribution in [-0.4, -0.2) is 58.9 Å². The highest BCUT2D eigenvalue weighted by Crippen LogP contribution is 2.13. The van der Waals surface area contributed by atoms with Crippen LogP contribution in [0.1, 0.15) is 16.7 Å². The molecule has 1 aliphatic heterocycles. The fourth-order valence-electron chi connectivity index (χ4n) is 2.56. The summed E-state index contributed by atoms with van der Waals surface area (Å²) in [5, 5.41) is 8.69. The van der Waals surface area contributed by atoms with Crippen LogP contribution in [0.15, 0.2) is 18.2 Å². The summed E-state index contributed by atoms with van der Waals surface area (Å²) in [4.78, 5) is 37.3. The molecule has 6 heteroatoms. The van der Waals surface area contributed by atoms with Crippen LogP contribution < -0.4 is 0 Å². The smallest absolute Gasteiger partial charge is 0.394 e. The second-order valence-electron chi connectivity index (χ2n) is 5.58. The van der Waals surface area contributed by atoms with Crippen LogP contribution in [0, 0.1) is 13.8 Å². The summed E-state index contributed by atoms with van der Waals surface area (Å²) >= 11 is 0. The molecule has 0 atom stereocenters. The van der Waals surface area contributed by atoms with E-state index in [0.717, 1.165) is 16.7 Å². The molecule has 0 aliphatic carbocycles. The lowest BCUT2D eigenvalue weighted by atomic mass is 10.0. The van der Waals surface area contributed by atoms with E-state index in [0.29, 0.717) is 19.5 Å². The van der Waals surface area contributed by atoms with Crippen LogP contribution in [0.25, 0.3) is 0 Å². The van der Waals surface area contributed by atoms with Crippen LogP contribution in [0.5, 0.6) is 0 Å². The molecule has 0 saturated carbocycles. The highest BCUT2D eigenvalue weighted by atomic mass is 16.4. The van der Waals surface area contributed by atoms with Gasteiger partial charge in [0, 0.05) is 26.2 Å². The maximum Gasteiger partial charge on any atom is 0.394 e. The van der Waals surface area contributed by atoms with Crippen molar-refractivity contribution >= 4 is 17.8 Å². The predicted molar refractivity (Wildman–Crippen MR) is 80.4 cm³/mol. The van der Waals surface area contributed by atoms with Crippen molar-refractivity contribution in [3.63, 3.8) is 0 Å². The summed E-state index contributed by atoms with van der Waals surface area (Å²) in [5.41, 5.74) is 3.21. The lowest BCUT2D eigenvalue weighted by Gasteiger charge is -2.34. The molecular formula is C16H20N2O4. The van der Waals surface area contributed by atoms with E-state index in [2.05, 4.69) is 0 Å². The Morgan fingerprint density at radius 2 is 1.64 bits per heavy atom. The van der Waals surface area contributed by atoms with Gasteiger partial charge in [0.05, 0.1) is 6.42 Å². The van der Waals surface area contributed by atoms with Crippen molar-refractivity contribution in [2.45, 2.75) is 20.3 Å². The summed E-state index contributed by atoms with van der Waals surface area (Å²) < 4.78 is 0. The Morgan fingerprint density at radius 3 is 2.23 bits per heavy atom. The average molecular weight is 304 g/mol. The number of amides is 2. The number of piperazine rings is 1. The molecule has 1 aromatic rings. The molecule has 6 nitrogen and oxygen atoms in total. The highest BCUT2D eigenvalue weighted by Gasteiger charge is 2.27. The van der Waals surface area contributed by atoms with Gasteiger partial charge < -0.3 is 14.9 Å². The van der Waals surface area contributed by atoms with Crippen molar-refractivity contribution in [3.05, 3.63) is 34.9 Å². The fraction of sp³-hybridized carbons (Fsp3) is 0.438. The Morgan fingerprint density at radius 1 is 1.05 bits per heavy atom. The molecule has 1 heterocycles. The molecule has 1 fully saturated rings. The second kappa shape index (κ2) is 6.60. The van der Waals surface area contributed by atoms with Crippen molar-refractivity contribution < 1.29 is 19.5 Å². The molecule has 0 spiro atoms. The van der Waals surface area contributed by atoms with Gasteiger partial charge in [0.15, 0.2) is 0 Å². The monoisotopic (exact) mass is 304 g/mol. The first-order valence-corrected chi connectivity index (χ1v) is 7.24. The van der Waals surface area contributed by atoms with Crippen LogP contribution in [0.3, 0.4) is 0 Å². The molecule has 0 bridgehead atoms. The quantitative estimate of drug-likeness (QED) is 0.812. The molecule has 2 amide bonds. The van der Waals surface area contributed by atoms with Crippen molar-refractivity contribution in [1.82, 2.24) is 9.80 Å². The van der Waals surface area contributed by atoms with Gasteiger partial charge in [-0.15, -0.1) is 0 Å². The first-order chi connectivity index (χ1) is 10.4. The van der Waals surface area contributed by atoms with Crippen molar-refractivity contribution in [2.75, 3.05) is 26.2 Å². The number of benzene rings is 1. The Kier molecular flexibility index (Phi) is 4.80. The third-order valence-electron chi connectivity index (χ3n) is 3.95. The van der Waals surface area contributed by atoms with Crippen LogP contribution in [-0.2, 0) is 20.8 Å². The van der Waals surface area contributed by atoms with E-state index < -0.39 is 11.9 Å². The summed E-state index contributed by atoms with van der Waals surface area (Å²) in [6, 6.07) is 6.03. The van der Waals surface area contributed by atoms with E-state index in [-0.39, 0.29) is 19.0 Å². The third kappa shape index (κ3) is 3.63. The lowest BCUT2D eigenvalue weighted by molar-refractivity contribution is -0.157. The first-order valence-electron chi connectivity index (χ1n) is 7.24. The van der Waals surface area contributed by atoms with Gasteiger partial charge in [0.2, 0.25) is 5.91 Å². The van der Waals surface area contributed by atoms with Crippen molar-refractivity contribution in [2.24, 2.45) is 0 Å². The molecule has 0 aromatic heterocycles. The number of aryl methyl sites for hydroxylation is 2. The number of carboxylic acid groups (broad SMARTS) is 1. The number of carbonyl (C=O) groups is 3. The topological polar surface area (TPSA) is 77.9 Å². The standard InChI is InChI=1S/C16H20N2O4/c1-11-3-4-12(2)13(9-11)10-14(19)17-5-7-18(8-6-17)15(20)16(21)22/h3-4,9H,5-8,10H2,1-2H3,(H,21,22). The maximum absolute atomic E-state index is 12.3. The molecule has 1 N–H and O–H groups in total. The molecule has 22 heavy (non-hydrogen) atoms. The normalized spacial score (nSPS) is 14.8. The second-order valence-corrected chi connectivity index (χ2v) is 5.58. The van der Waals surface area contributed by atoms with E-state index in [1.165, 1.54) is 4.90 Å². The number of nitrogens with zero attached hydrogens (tertiary/aromatic N) is 2. The zero-order valence-corrected chi connectivity index (χ0v) is 12.8. The number of carboxylic acids is 1. The van der Waals surface area contributed by atoms with Crippen LogP contribution >= 0.6 is 0 Å². The highest BCUT2D eigenvalue weighted by molar-refractivity contribution is 6.31. The van der Waals surface area contributed by atoms with Crippen molar-refractivity contribution in [3.8, 4) is 0 Å². The summed E-state index contributed by atoms with van der Waals surface area (Å²) in [6.07, 6.45) is 0.334. The van der Waals surface area contributed by atoms with Gasteiger partial charge in [0.1, 0.15) is 0 Å². The Labute approximate surface area is 129 Å². The minimum atomic E-state index is -1.45. The third-order valence-corrected chi connectivity index (χ3v) is 3.95. The van der Waals surface area contributed by atoms with Gasteiger partial charge in [0.25, 0.3) is 0 Å². The minimum absolute atomic E-state index is 0.0103. The van der Waals surface area contributed by atoms with Gasteiger partial charge in [-0.05, 0) is 25.0 Å². The van der Waals surface area contributed by atoms with E-state index in [4.69, 9.17) is 5.11 Å². The van der Waals surface area contributed by atoms with Gasteiger partial charge >= 0.3 is 11.9 Å². The number of hydrogen-bond donors (Lipinski definition) is 1. The predicted octanol–water partition coefficient (Wildman–Crippen LogP) is 0.601. The van der Waals surface area contributed by atoms with Gasteiger partial charge in [-0.2, -0.15) is 0 Å². The molecule has 2 rings (SSSR count). The summed E-state index contributed by atoms with van der Waals surface area (Å²) in [5.74, 6) is -2.34. The zero-order chi connectivity index (χ0) is 16.3. The van der Waals surface area contributed by atoms with Gasteiger partial charge in [-0.3, -0.25) is 9.59 Å². The molecule has 0 radical (unpaired) electrons. The van der Waals surface area contributed by atoms with Gasteiger partial charge in [-0.1, -0.05) is 23.8 Å². The molecule has 1 aromatic carbocycles. The Balaban J connectivity index is 1.94. The largest absolute Gasteiger partial charge is 0.474 e. The molecule has 118 valence electrons. The lowest BCUT2D eigenvalue weighted by Crippen LogP contribution is -2.52. The zero-order valence-electron chi connectivity index (χ0n) is 12.8. The molecule has 1 saturated heterocycles. The number of hydrogen-bond acceptors (Lipinski definition) is 3. The minimum Gasteiger partial charge on any atom is -0.474 e. The molecule has 0 unspecified atom stereocenters. The number of carbonyl (C=O) groups excluding carboxylic acids is 2. The van der Waals surface area contributed by atoms with Gasteiger partial charge in [-0.25, -0.2) is 4.79 Å². The maximum atomic E-state index is 12.3. The first kappa shape index (κ1) is 16.0. The van der Waals surface area contributed by atoms with E-state index in [9.17, 15) is 14.4 Å². The van der Waals surface area contributed by atoms with Crippen LogP contribution in [0.2, 0.25) is 0 Å². The molecule has 1 aliphatic rings. The summed E-state index contributed by atoms with van der Waals surface area (Å²) in [7, 11) is 0. The van der Waals surface area contributed by atoms with Crippen LogP contribution in [0.4, 0.5) is 0 Å². The fourth-order valence-corrected chi connectivity index (χ4v) is 2.56. The molecular weight excluding hydrogens is 284 g/mol. The summed E-state index contributed by atoms with van der Waals surface area (Å²) in [6.45, 7) is 5.26. The average Bonchev–Trinajstić information content (AvgIpc) is 2.50. The van der Waals surface area contributed by atoms with E-state index in [1.54, 1.807) is 4.90 Å². The number of aliphatic carboxylic acids is 1. The van der Waals surface area contributed by atoms with Crippen molar-refractivity contribution in [1.29, 1.82) is 0 Å².